The highest BCUT2D eigenvalue weighted by Gasteiger charge is 2.24. The fourth-order valence-electron chi connectivity index (χ4n) is 2.04. The van der Waals surface area contributed by atoms with Gasteiger partial charge in [0.15, 0.2) is 0 Å². The molecule has 1 fully saturated rings. The first-order valence-electron chi connectivity index (χ1n) is 5.87. The lowest BCUT2D eigenvalue weighted by Crippen LogP contribution is -2.13. The van der Waals surface area contributed by atoms with Gasteiger partial charge in [-0.25, -0.2) is 9.97 Å². The molecule has 0 aliphatic carbocycles. The Hall–Kier alpha value is -0.360. The van der Waals surface area contributed by atoms with Gasteiger partial charge in [0, 0.05) is 17.2 Å². The Kier molecular flexibility index (Phi) is 3.75. The molecule has 3 rings (SSSR count). The number of halogens is 1. The lowest BCUT2D eigenvalue weighted by Gasteiger charge is -2.12. The van der Waals surface area contributed by atoms with E-state index >= 15 is 0 Å². The van der Waals surface area contributed by atoms with Crippen LogP contribution in [0.4, 0.5) is 0 Å². The lowest BCUT2D eigenvalue weighted by atomic mass is 10.3. The molecule has 3 nitrogen and oxygen atoms in total. The Morgan fingerprint density at radius 2 is 2.44 bits per heavy atom. The molecule has 0 bridgehead atoms. The highest BCUT2D eigenvalue weighted by atomic mass is 35.5. The van der Waals surface area contributed by atoms with Crippen LogP contribution in [0.15, 0.2) is 11.4 Å². The summed E-state index contributed by atoms with van der Waals surface area (Å²) in [6.07, 6.45) is 1.44. The summed E-state index contributed by atoms with van der Waals surface area (Å²) in [5.41, 5.74) is 0. The topological polar surface area (TPSA) is 35.0 Å². The molecule has 0 amide bonds. The van der Waals surface area contributed by atoms with Crippen molar-refractivity contribution in [1.82, 2.24) is 9.97 Å². The number of thiophene rings is 1. The van der Waals surface area contributed by atoms with Crippen molar-refractivity contribution >= 4 is 44.9 Å². The molecule has 2 atom stereocenters. The van der Waals surface area contributed by atoms with E-state index in [9.17, 15) is 0 Å². The van der Waals surface area contributed by atoms with Gasteiger partial charge >= 0.3 is 0 Å². The Bertz CT molecular complexity index is 560. The fourth-order valence-corrected chi connectivity index (χ4v) is 4.23. The molecule has 0 spiro atoms. The number of nitrogens with zero attached hydrogens (tertiary/aromatic N) is 2. The molecule has 2 unspecified atom stereocenters. The number of aromatic nitrogens is 2. The van der Waals surface area contributed by atoms with Gasteiger partial charge in [-0.2, -0.15) is 0 Å². The summed E-state index contributed by atoms with van der Waals surface area (Å²) in [5, 5.41) is 4.06. The van der Waals surface area contributed by atoms with Gasteiger partial charge < -0.3 is 4.74 Å². The summed E-state index contributed by atoms with van der Waals surface area (Å²) in [6.45, 7) is 2.99. The van der Waals surface area contributed by atoms with Gasteiger partial charge in [-0.05, 0) is 24.8 Å². The number of hydrogen-bond acceptors (Lipinski definition) is 5. The Morgan fingerprint density at radius 3 is 3.22 bits per heavy atom. The first kappa shape index (κ1) is 12.7. The predicted octanol–water partition coefficient (Wildman–Crippen LogP) is 3.76. The van der Waals surface area contributed by atoms with Crippen LogP contribution in [0.25, 0.3) is 10.2 Å². The maximum atomic E-state index is 6.15. The van der Waals surface area contributed by atoms with Crippen molar-refractivity contribution in [1.29, 1.82) is 0 Å². The third kappa shape index (κ3) is 2.50. The van der Waals surface area contributed by atoms with Crippen molar-refractivity contribution < 1.29 is 4.74 Å². The Balaban J connectivity index is 1.74. The summed E-state index contributed by atoms with van der Waals surface area (Å²) in [7, 11) is 0. The van der Waals surface area contributed by atoms with E-state index in [-0.39, 0.29) is 0 Å². The average Bonchev–Trinajstić information content (AvgIpc) is 2.95. The van der Waals surface area contributed by atoms with Gasteiger partial charge in [0.25, 0.3) is 0 Å². The molecule has 1 aliphatic rings. The summed E-state index contributed by atoms with van der Waals surface area (Å²) < 4.78 is 5.55. The summed E-state index contributed by atoms with van der Waals surface area (Å²) >= 11 is 9.62. The van der Waals surface area contributed by atoms with E-state index in [0.29, 0.717) is 16.5 Å². The summed E-state index contributed by atoms with van der Waals surface area (Å²) in [6, 6.07) is 1.96. The van der Waals surface area contributed by atoms with Crippen molar-refractivity contribution in [2.75, 3.05) is 6.61 Å². The number of hydrogen-bond donors (Lipinski definition) is 0. The zero-order chi connectivity index (χ0) is 12.5. The van der Waals surface area contributed by atoms with Crippen LogP contribution in [0.5, 0.6) is 0 Å². The van der Waals surface area contributed by atoms with E-state index in [1.807, 2.05) is 23.2 Å². The summed E-state index contributed by atoms with van der Waals surface area (Å²) in [4.78, 5) is 9.88. The average molecular weight is 301 g/mol. The normalized spacial score (nSPS) is 23.9. The molecule has 0 aromatic carbocycles. The van der Waals surface area contributed by atoms with E-state index in [1.54, 1.807) is 11.3 Å². The minimum atomic E-state index is 0.330. The molecule has 2 aromatic heterocycles. The highest BCUT2D eigenvalue weighted by Crippen LogP contribution is 2.30. The van der Waals surface area contributed by atoms with Gasteiger partial charge in [-0.15, -0.1) is 23.1 Å². The maximum Gasteiger partial charge on any atom is 0.141 e. The minimum Gasteiger partial charge on any atom is -0.377 e. The van der Waals surface area contributed by atoms with Crippen molar-refractivity contribution in [3.05, 3.63) is 22.4 Å². The first-order valence-corrected chi connectivity index (χ1v) is 8.17. The number of thioether (sulfide) groups is 1. The van der Waals surface area contributed by atoms with Gasteiger partial charge in [-0.1, -0.05) is 11.6 Å². The molecule has 0 N–H and O–H groups in total. The maximum absolute atomic E-state index is 6.15. The molecule has 1 saturated heterocycles. The molecule has 3 heterocycles. The quantitative estimate of drug-likeness (QED) is 0.809. The van der Waals surface area contributed by atoms with E-state index in [2.05, 4.69) is 16.9 Å². The minimum absolute atomic E-state index is 0.330. The van der Waals surface area contributed by atoms with E-state index < -0.39 is 0 Å². The van der Waals surface area contributed by atoms with Gasteiger partial charge in [0.2, 0.25) is 0 Å². The van der Waals surface area contributed by atoms with Crippen molar-refractivity contribution in [3.63, 3.8) is 0 Å². The molecular formula is C12H13ClN2OS2. The summed E-state index contributed by atoms with van der Waals surface area (Å²) in [5.74, 6) is 1.62. The van der Waals surface area contributed by atoms with Crippen LogP contribution in [0.3, 0.4) is 0 Å². The largest absolute Gasteiger partial charge is 0.377 e. The second kappa shape index (κ2) is 5.33. The van der Waals surface area contributed by atoms with Crippen LogP contribution in [0.1, 0.15) is 19.2 Å². The highest BCUT2D eigenvalue weighted by molar-refractivity contribution is 7.99. The van der Waals surface area contributed by atoms with Crippen LogP contribution < -0.4 is 0 Å². The van der Waals surface area contributed by atoms with Crippen molar-refractivity contribution in [2.45, 2.75) is 30.5 Å². The molecule has 0 saturated carbocycles. The van der Waals surface area contributed by atoms with Crippen LogP contribution in [-0.4, -0.2) is 27.9 Å². The fraction of sp³-hybridized carbons (Fsp3) is 0.500. The number of fused-ring (bicyclic) bond motifs is 1. The second-order valence-corrected chi connectivity index (χ2v) is 6.76. The van der Waals surface area contributed by atoms with Crippen molar-refractivity contribution in [2.24, 2.45) is 0 Å². The van der Waals surface area contributed by atoms with E-state index in [4.69, 9.17) is 16.3 Å². The van der Waals surface area contributed by atoms with Crippen LogP contribution in [-0.2, 0) is 10.5 Å². The molecular weight excluding hydrogens is 288 g/mol. The Morgan fingerprint density at radius 1 is 1.56 bits per heavy atom. The molecule has 6 heteroatoms. The van der Waals surface area contributed by atoms with Gasteiger partial charge in [-0.3, -0.25) is 0 Å². The van der Waals surface area contributed by atoms with Crippen LogP contribution >= 0.6 is 34.7 Å². The SMILES string of the molecule is CC1OCCC1SCc1nc(Cl)c2ccsc2n1. The third-order valence-corrected chi connectivity index (χ3v) is 5.62. The standard InChI is InChI=1S/C12H13ClN2OS2/c1-7-9(2-4-16-7)18-6-10-14-11(13)8-3-5-17-12(8)15-10/h3,5,7,9H,2,4,6H2,1H3. The van der Waals surface area contributed by atoms with Crippen LogP contribution in [0, 0.1) is 0 Å². The van der Waals surface area contributed by atoms with Crippen LogP contribution in [0.2, 0.25) is 5.15 Å². The van der Waals surface area contributed by atoms with E-state index in [0.717, 1.165) is 34.8 Å². The molecule has 96 valence electrons. The van der Waals surface area contributed by atoms with Gasteiger partial charge in [0.05, 0.1) is 11.9 Å². The molecule has 0 radical (unpaired) electrons. The molecule has 2 aromatic rings. The van der Waals surface area contributed by atoms with Gasteiger partial charge in [0.1, 0.15) is 15.8 Å². The predicted molar refractivity (Wildman–Crippen MR) is 77.5 cm³/mol. The second-order valence-electron chi connectivity index (χ2n) is 4.28. The Labute approximate surface area is 119 Å². The number of rotatable bonds is 3. The zero-order valence-electron chi connectivity index (χ0n) is 9.93. The third-order valence-electron chi connectivity index (χ3n) is 3.06. The number of ether oxygens (including phenoxy) is 1. The smallest absolute Gasteiger partial charge is 0.141 e. The monoisotopic (exact) mass is 300 g/mol. The van der Waals surface area contributed by atoms with E-state index in [1.165, 1.54) is 0 Å². The lowest BCUT2D eigenvalue weighted by molar-refractivity contribution is 0.127. The molecule has 1 aliphatic heterocycles. The van der Waals surface area contributed by atoms with Crippen molar-refractivity contribution in [3.8, 4) is 0 Å². The molecule has 18 heavy (non-hydrogen) atoms. The first-order chi connectivity index (χ1) is 8.74. The zero-order valence-corrected chi connectivity index (χ0v) is 12.3.